The molecule has 7 heteroatoms. The third-order valence-corrected chi connectivity index (χ3v) is 3.69. The number of amides is 1. The summed E-state index contributed by atoms with van der Waals surface area (Å²) in [5.41, 5.74) is 5.50. The zero-order chi connectivity index (χ0) is 14.8. The van der Waals surface area contributed by atoms with Crippen LogP contribution in [0, 0.1) is 11.6 Å². The van der Waals surface area contributed by atoms with E-state index in [1.807, 2.05) is 0 Å². The molecular formula is C14H9F2N3OS. The predicted octanol–water partition coefficient (Wildman–Crippen LogP) is 3.33. The van der Waals surface area contributed by atoms with E-state index in [-0.39, 0.29) is 11.4 Å². The summed E-state index contributed by atoms with van der Waals surface area (Å²) in [5, 5.41) is 0.389. The minimum absolute atomic E-state index is 0.0721. The Bertz CT molecular complexity index is 819. The van der Waals surface area contributed by atoms with E-state index in [0.29, 0.717) is 15.3 Å². The minimum Gasteiger partial charge on any atom is -0.273 e. The lowest BCUT2D eigenvalue weighted by molar-refractivity contribution is 0.0958. The number of carbonyl (C=O) groups excluding carboxylic acids is 1. The smallest absolute Gasteiger partial charge is 0.272 e. The molecule has 21 heavy (non-hydrogen) atoms. The van der Waals surface area contributed by atoms with Crippen molar-refractivity contribution >= 4 is 32.6 Å². The highest BCUT2D eigenvalue weighted by Crippen LogP contribution is 2.25. The van der Waals surface area contributed by atoms with E-state index < -0.39 is 11.7 Å². The van der Waals surface area contributed by atoms with Crippen LogP contribution in [0.4, 0.5) is 13.9 Å². The maximum Gasteiger partial charge on any atom is 0.272 e. The van der Waals surface area contributed by atoms with Gasteiger partial charge in [0.15, 0.2) is 0 Å². The lowest BCUT2D eigenvalue weighted by Crippen LogP contribution is -2.29. The maximum atomic E-state index is 13.4. The average Bonchev–Trinajstić information content (AvgIpc) is 2.87. The number of hydrogen-bond donors (Lipinski definition) is 2. The quantitative estimate of drug-likeness (QED) is 0.730. The highest BCUT2D eigenvalue weighted by Gasteiger charge is 2.11. The van der Waals surface area contributed by atoms with Gasteiger partial charge in [-0.3, -0.25) is 15.6 Å². The fraction of sp³-hybridized carbons (Fsp3) is 0. The third-order valence-electron chi connectivity index (χ3n) is 2.75. The van der Waals surface area contributed by atoms with Gasteiger partial charge in [-0.1, -0.05) is 23.5 Å². The summed E-state index contributed by atoms with van der Waals surface area (Å²) >= 11 is 1.18. The SMILES string of the molecule is O=C(NNc1nc2ccc(F)cc2s1)c1ccccc1F. The van der Waals surface area contributed by atoms with E-state index in [2.05, 4.69) is 15.8 Å². The van der Waals surface area contributed by atoms with Gasteiger partial charge in [-0.2, -0.15) is 0 Å². The van der Waals surface area contributed by atoms with Crippen LogP contribution in [0.1, 0.15) is 10.4 Å². The van der Waals surface area contributed by atoms with Crippen LogP contribution < -0.4 is 10.9 Å². The van der Waals surface area contributed by atoms with Crippen molar-refractivity contribution in [3.63, 3.8) is 0 Å². The van der Waals surface area contributed by atoms with Gasteiger partial charge in [0.1, 0.15) is 11.6 Å². The first kappa shape index (κ1) is 13.4. The number of nitrogens with zero attached hydrogens (tertiary/aromatic N) is 1. The van der Waals surface area contributed by atoms with E-state index in [4.69, 9.17) is 0 Å². The Kier molecular flexibility index (Phi) is 3.49. The van der Waals surface area contributed by atoms with Crippen LogP contribution in [-0.2, 0) is 0 Å². The first-order chi connectivity index (χ1) is 10.1. The molecule has 3 aromatic rings. The molecule has 0 bridgehead atoms. The van der Waals surface area contributed by atoms with E-state index >= 15 is 0 Å². The second kappa shape index (κ2) is 5.45. The zero-order valence-electron chi connectivity index (χ0n) is 10.6. The molecule has 0 aliphatic heterocycles. The molecule has 2 aromatic carbocycles. The Morgan fingerprint density at radius 3 is 2.76 bits per heavy atom. The van der Waals surface area contributed by atoms with Gasteiger partial charge in [0.05, 0.1) is 15.8 Å². The summed E-state index contributed by atoms with van der Waals surface area (Å²) in [5.74, 6) is -1.57. The summed E-state index contributed by atoms with van der Waals surface area (Å²) in [6.07, 6.45) is 0. The molecule has 1 aromatic heterocycles. The van der Waals surface area contributed by atoms with Crippen molar-refractivity contribution in [3.05, 3.63) is 59.7 Å². The van der Waals surface area contributed by atoms with Crippen LogP contribution in [0.25, 0.3) is 10.2 Å². The fourth-order valence-corrected chi connectivity index (χ4v) is 2.62. The largest absolute Gasteiger partial charge is 0.273 e. The molecule has 1 heterocycles. The third kappa shape index (κ3) is 2.82. The van der Waals surface area contributed by atoms with Crippen molar-refractivity contribution in [2.75, 3.05) is 5.43 Å². The number of hydrazine groups is 1. The molecule has 0 saturated heterocycles. The van der Waals surface area contributed by atoms with Crippen molar-refractivity contribution in [2.24, 2.45) is 0 Å². The standard InChI is InChI=1S/C14H9F2N3OS/c15-8-5-6-11-12(7-8)21-14(17-11)19-18-13(20)9-3-1-2-4-10(9)16/h1-7H,(H,17,19)(H,18,20). The molecule has 0 spiro atoms. The summed E-state index contributed by atoms with van der Waals surface area (Å²) < 4.78 is 27.2. The summed E-state index contributed by atoms with van der Waals surface area (Å²) in [6.45, 7) is 0. The van der Waals surface area contributed by atoms with Crippen LogP contribution in [-0.4, -0.2) is 10.9 Å². The average molecular weight is 305 g/mol. The number of halogens is 2. The van der Waals surface area contributed by atoms with Gasteiger partial charge < -0.3 is 0 Å². The van der Waals surface area contributed by atoms with E-state index in [1.165, 1.54) is 41.7 Å². The molecule has 0 radical (unpaired) electrons. The van der Waals surface area contributed by atoms with Gasteiger partial charge in [-0.25, -0.2) is 13.8 Å². The number of carbonyl (C=O) groups is 1. The monoisotopic (exact) mass is 305 g/mol. The Hall–Kier alpha value is -2.54. The number of benzene rings is 2. The predicted molar refractivity (Wildman–Crippen MR) is 77.1 cm³/mol. The molecule has 3 rings (SSSR count). The molecular weight excluding hydrogens is 296 g/mol. The van der Waals surface area contributed by atoms with E-state index in [1.54, 1.807) is 12.1 Å². The zero-order valence-corrected chi connectivity index (χ0v) is 11.4. The van der Waals surface area contributed by atoms with Gasteiger partial charge in [-0.05, 0) is 30.3 Å². The molecule has 4 nitrogen and oxygen atoms in total. The topological polar surface area (TPSA) is 54.0 Å². The van der Waals surface area contributed by atoms with Crippen molar-refractivity contribution in [1.29, 1.82) is 0 Å². The van der Waals surface area contributed by atoms with Crippen LogP contribution in [0.5, 0.6) is 0 Å². The molecule has 0 fully saturated rings. The first-order valence-electron chi connectivity index (χ1n) is 6.00. The number of fused-ring (bicyclic) bond motifs is 1. The minimum atomic E-state index is -0.612. The van der Waals surface area contributed by atoms with Crippen LogP contribution in [0.15, 0.2) is 42.5 Å². The van der Waals surface area contributed by atoms with Crippen LogP contribution >= 0.6 is 11.3 Å². The Labute approximate surface area is 122 Å². The number of anilines is 1. The fourth-order valence-electron chi connectivity index (χ4n) is 1.77. The Morgan fingerprint density at radius 2 is 1.95 bits per heavy atom. The first-order valence-corrected chi connectivity index (χ1v) is 6.82. The molecule has 0 unspecified atom stereocenters. The van der Waals surface area contributed by atoms with Gasteiger partial charge in [0.25, 0.3) is 5.91 Å². The van der Waals surface area contributed by atoms with Crippen molar-refractivity contribution in [3.8, 4) is 0 Å². The molecule has 2 N–H and O–H groups in total. The molecule has 106 valence electrons. The highest BCUT2D eigenvalue weighted by atomic mass is 32.1. The summed E-state index contributed by atoms with van der Waals surface area (Å²) in [7, 11) is 0. The number of nitrogens with one attached hydrogen (secondary N) is 2. The van der Waals surface area contributed by atoms with Crippen molar-refractivity contribution in [2.45, 2.75) is 0 Å². The van der Waals surface area contributed by atoms with Gasteiger partial charge in [0, 0.05) is 0 Å². The van der Waals surface area contributed by atoms with Gasteiger partial charge in [0.2, 0.25) is 5.13 Å². The van der Waals surface area contributed by atoms with Crippen LogP contribution in [0.3, 0.4) is 0 Å². The Balaban J connectivity index is 1.74. The summed E-state index contributed by atoms with van der Waals surface area (Å²) in [4.78, 5) is 16.0. The van der Waals surface area contributed by atoms with Crippen molar-refractivity contribution < 1.29 is 13.6 Å². The number of hydrogen-bond acceptors (Lipinski definition) is 4. The molecule has 0 aliphatic carbocycles. The number of aromatic nitrogens is 1. The van der Waals surface area contributed by atoms with E-state index in [0.717, 1.165) is 0 Å². The van der Waals surface area contributed by atoms with E-state index in [9.17, 15) is 13.6 Å². The maximum absolute atomic E-state index is 13.4. The molecule has 0 aliphatic rings. The molecule has 0 saturated carbocycles. The Morgan fingerprint density at radius 1 is 1.14 bits per heavy atom. The lowest BCUT2D eigenvalue weighted by atomic mass is 10.2. The number of thiazole rings is 1. The van der Waals surface area contributed by atoms with Crippen molar-refractivity contribution in [1.82, 2.24) is 10.4 Å². The second-order valence-corrected chi connectivity index (χ2v) is 5.22. The number of rotatable bonds is 3. The lowest BCUT2D eigenvalue weighted by Gasteiger charge is -2.05. The second-order valence-electron chi connectivity index (χ2n) is 4.19. The van der Waals surface area contributed by atoms with Crippen LogP contribution in [0.2, 0.25) is 0 Å². The summed E-state index contributed by atoms with van der Waals surface area (Å²) in [6, 6.07) is 9.86. The normalized spacial score (nSPS) is 10.6. The highest BCUT2D eigenvalue weighted by molar-refractivity contribution is 7.22. The van der Waals surface area contributed by atoms with Gasteiger partial charge >= 0.3 is 0 Å². The molecule has 1 amide bonds. The molecule has 0 atom stereocenters. The van der Waals surface area contributed by atoms with Gasteiger partial charge in [-0.15, -0.1) is 0 Å².